The summed E-state index contributed by atoms with van der Waals surface area (Å²) in [6.07, 6.45) is 2.50. The second-order valence-electron chi connectivity index (χ2n) is 6.65. The van der Waals surface area contributed by atoms with Gasteiger partial charge >= 0.3 is 0 Å². The molecule has 0 spiro atoms. The maximum absolute atomic E-state index is 12.7. The fraction of sp³-hybridized carbons (Fsp3) is 0.929. The van der Waals surface area contributed by atoms with Crippen molar-refractivity contribution in [3.8, 4) is 0 Å². The van der Waals surface area contributed by atoms with Crippen LogP contribution in [-0.2, 0) is 4.79 Å². The summed E-state index contributed by atoms with van der Waals surface area (Å²) in [5.41, 5.74) is 5.95. The van der Waals surface area contributed by atoms with E-state index < -0.39 is 0 Å². The van der Waals surface area contributed by atoms with Crippen LogP contribution in [0, 0.1) is 17.0 Å². The average Bonchev–Trinajstić information content (AvgIpc) is 2.34. The summed E-state index contributed by atoms with van der Waals surface area (Å²) in [7, 11) is 0. The highest BCUT2D eigenvalue weighted by atomic mass is 16.5. The van der Waals surface area contributed by atoms with E-state index in [2.05, 4.69) is 6.92 Å². The summed E-state index contributed by atoms with van der Waals surface area (Å²) in [6.45, 7) is 8.00. The van der Waals surface area contributed by atoms with Gasteiger partial charge in [0.2, 0.25) is 5.91 Å². The number of hydroxylamine groups is 2. The Balaban J connectivity index is 2.02. The van der Waals surface area contributed by atoms with Crippen LogP contribution in [-0.4, -0.2) is 47.1 Å². The SMILES string of the molecule is CC1CCN([O-])[C@@H](C)[C@@H]1C(=O)N1CCC(C)(N)CC1. The number of nitrogens with zero attached hydrogens (tertiary/aromatic N) is 2. The number of hydrogen-bond donors (Lipinski definition) is 1. The van der Waals surface area contributed by atoms with E-state index in [-0.39, 0.29) is 23.4 Å². The van der Waals surface area contributed by atoms with Crippen molar-refractivity contribution in [2.75, 3.05) is 19.6 Å². The van der Waals surface area contributed by atoms with E-state index in [1.54, 1.807) is 0 Å². The van der Waals surface area contributed by atoms with Gasteiger partial charge in [0, 0.05) is 24.7 Å². The van der Waals surface area contributed by atoms with Crippen molar-refractivity contribution in [3.05, 3.63) is 5.21 Å². The van der Waals surface area contributed by atoms with E-state index in [0.29, 0.717) is 12.5 Å². The van der Waals surface area contributed by atoms with Crippen molar-refractivity contribution in [1.82, 2.24) is 9.96 Å². The Labute approximate surface area is 115 Å². The molecule has 5 heteroatoms. The van der Waals surface area contributed by atoms with Gasteiger partial charge in [-0.25, -0.2) is 0 Å². The van der Waals surface area contributed by atoms with E-state index in [1.807, 2.05) is 18.7 Å². The molecule has 2 rings (SSSR count). The minimum absolute atomic E-state index is 0.148. The van der Waals surface area contributed by atoms with Crippen LogP contribution >= 0.6 is 0 Å². The van der Waals surface area contributed by atoms with Crippen LogP contribution in [0.5, 0.6) is 0 Å². The quantitative estimate of drug-likeness (QED) is 0.775. The molecule has 1 amide bonds. The lowest BCUT2D eigenvalue weighted by Gasteiger charge is -2.48. The van der Waals surface area contributed by atoms with Gasteiger partial charge in [0.05, 0.1) is 5.92 Å². The number of nitrogens with two attached hydrogens (primary N) is 1. The van der Waals surface area contributed by atoms with Crippen LogP contribution in [0.2, 0.25) is 0 Å². The van der Waals surface area contributed by atoms with Crippen LogP contribution in [0.4, 0.5) is 0 Å². The molecular weight excluding hydrogens is 242 g/mol. The zero-order chi connectivity index (χ0) is 14.2. The smallest absolute Gasteiger partial charge is 0.227 e. The standard InChI is InChI=1S/C14H26N3O2/c1-10-4-7-17(19)11(2)12(10)13(18)16-8-5-14(3,15)6-9-16/h10-12H,4-9,15H2,1-3H3/q-1/t10?,11-,12+/m0/s1. The number of rotatable bonds is 1. The number of amides is 1. The van der Waals surface area contributed by atoms with E-state index >= 15 is 0 Å². The molecule has 110 valence electrons. The minimum Gasteiger partial charge on any atom is -0.785 e. The van der Waals surface area contributed by atoms with Crippen LogP contribution in [0.3, 0.4) is 0 Å². The number of piperidine rings is 2. The maximum atomic E-state index is 12.7. The predicted molar refractivity (Wildman–Crippen MR) is 75.2 cm³/mol. The second-order valence-corrected chi connectivity index (χ2v) is 6.65. The molecule has 2 N–H and O–H groups in total. The Morgan fingerprint density at radius 1 is 1.26 bits per heavy atom. The molecule has 3 atom stereocenters. The molecule has 0 aromatic heterocycles. The molecule has 0 aromatic rings. The number of hydrogen-bond acceptors (Lipinski definition) is 4. The molecule has 0 radical (unpaired) electrons. The number of carbonyl (C=O) groups is 1. The summed E-state index contributed by atoms with van der Waals surface area (Å²) in [4.78, 5) is 14.6. The lowest BCUT2D eigenvalue weighted by atomic mass is 9.80. The molecule has 0 bridgehead atoms. The Morgan fingerprint density at radius 2 is 1.84 bits per heavy atom. The van der Waals surface area contributed by atoms with E-state index in [0.717, 1.165) is 37.4 Å². The highest BCUT2D eigenvalue weighted by molar-refractivity contribution is 5.80. The third-order valence-electron chi connectivity index (χ3n) is 4.89. The molecule has 0 aliphatic carbocycles. The molecule has 1 unspecified atom stereocenters. The molecule has 2 saturated heterocycles. The third kappa shape index (κ3) is 3.09. The van der Waals surface area contributed by atoms with Gasteiger partial charge < -0.3 is 20.9 Å². The van der Waals surface area contributed by atoms with Crippen molar-refractivity contribution >= 4 is 5.91 Å². The molecule has 2 aliphatic rings. The third-order valence-corrected chi connectivity index (χ3v) is 4.89. The molecule has 2 aliphatic heterocycles. The highest BCUT2D eigenvalue weighted by Crippen LogP contribution is 2.31. The van der Waals surface area contributed by atoms with Crippen molar-refractivity contribution in [3.63, 3.8) is 0 Å². The van der Waals surface area contributed by atoms with E-state index in [4.69, 9.17) is 5.73 Å². The lowest BCUT2D eigenvalue weighted by Crippen LogP contribution is -2.55. The normalized spacial score (nSPS) is 36.3. The van der Waals surface area contributed by atoms with Crippen molar-refractivity contribution in [1.29, 1.82) is 0 Å². The Hall–Kier alpha value is -0.650. The predicted octanol–water partition coefficient (Wildman–Crippen LogP) is 1.17. The summed E-state index contributed by atoms with van der Waals surface area (Å²) in [5, 5.41) is 12.8. The Morgan fingerprint density at radius 3 is 2.42 bits per heavy atom. The summed E-state index contributed by atoms with van der Waals surface area (Å²) in [5.74, 6) is 0.281. The fourth-order valence-corrected chi connectivity index (χ4v) is 3.27. The monoisotopic (exact) mass is 268 g/mol. The number of likely N-dealkylation sites (tertiary alicyclic amines) is 1. The molecule has 19 heavy (non-hydrogen) atoms. The average molecular weight is 268 g/mol. The van der Waals surface area contributed by atoms with Crippen molar-refractivity contribution in [2.45, 2.75) is 51.6 Å². The van der Waals surface area contributed by atoms with Gasteiger partial charge in [-0.3, -0.25) is 4.79 Å². The summed E-state index contributed by atoms with van der Waals surface area (Å²) >= 11 is 0. The first-order valence-electron chi connectivity index (χ1n) is 7.33. The highest BCUT2D eigenvalue weighted by Gasteiger charge is 2.38. The van der Waals surface area contributed by atoms with Gasteiger partial charge in [-0.05, 0) is 45.6 Å². The zero-order valence-electron chi connectivity index (χ0n) is 12.3. The van der Waals surface area contributed by atoms with Crippen LogP contribution in [0.15, 0.2) is 0 Å². The van der Waals surface area contributed by atoms with Crippen molar-refractivity contribution < 1.29 is 4.79 Å². The first-order valence-corrected chi connectivity index (χ1v) is 7.33. The van der Waals surface area contributed by atoms with Gasteiger partial charge in [0.15, 0.2) is 0 Å². The van der Waals surface area contributed by atoms with Crippen molar-refractivity contribution in [2.24, 2.45) is 17.6 Å². The van der Waals surface area contributed by atoms with Crippen LogP contribution in [0.1, 0.15) is 40.0 Å². The van der Waals surface area contributed by atoms with Gasteiger partial charge in [0.1, 0.15) is 0 Å². The first kappa shape index (κ1) is 14.8. The van der Waals surface area contributed by atoms with Gasteiger partial charge in [-0.1, -0.05) is 6.92 Å². The molecule has 2 fully saturated rings. The van der Waals surface area contributed by atoms with Crippen LogP contribution in [0.25, 0.3) is 0 Å². The summed E-state index contributed by atoms with van der Waals surface area (Å²) in [6, 6.07) is -0.206. The fourth-order valence-electron chi connectivity index (χ4n) is 3.27. The Bertz CT molecular complexity index is 336. The van der Waals surface area contributed by atoms with Crippen LogP contribution < -0.4 is 5.73 Å². The van der Waals surface area contributed by atoms with E-state index in [1.165, 1.54) is 0 Å². The molecular formula is C14H26N3O2-. The molecule has 2 heterocycles. The van der Waals surface area contributed by atoms with Gasteiger partial charge in [-0.2, -0.15) is 0 Å². The zero-order valence-corrected chi connectivity index (χ0v) is 12.3. The molecule has 5 nitrogen and oxygen atoms in total. The van der Waals surface area contributed by atoms with Gasteiger partial charge in [-0.15, -0.1) is 0 Å². The Kier molecular flexibility index (Phi) is 4.18. The number of carbonyl (C=O) groups excluding carboxylic acids is 1. The first-order chi connectivity index (χ1) is 8.82. The van der Waals surface area contributed by atoms with E-state index in [9.17, 15) is 10.0 Å². The second kappa shape index (κ2) is 5.38. The summed E-state index contributed by atoms with van der Waals surface area (Å²) < 4.78 is 0. The maximum Gasteiger partial charge on any atom is 0.227 e. The van der Waals surface area contributed by atoms with Gasteiger partial charge in [0.25, 0.3) is 0 Å². The minimum atomic E-state index is -0.206. The lowest BCUT2D eigenvalue weighted by molar-refractivity contribution is -0.142. The molecule has 0 saturated carbocycles. The topological polar surface area (TPSA) is 72.6 Å². The largest absolute Gasteiger partial charge is 0.785 e. The molecule has 0 aromatic carbocycles.